The zero-order valence-corrected chi connectivity index (χ0v) is 19.1. The number of nitrogens with one attached hydrogen (secondary N) is 1. The molecule has 0 unspecified atom stereocenters. The minimum Gasteiger partial charge on any atom is -0.489 e. The summed E-state index contributed by atoms with van der Waals surface area (Å²) in [5.41, 5.74) is 3.65. The molecule has 6 rings (SSSR count). The summed E-state index contributed by atoms with van der Waals surface area (Å²) >= 11 is 12.4. The third-order valence-corrected chi connectivity index (χ3v) is 6.96. The maximum atomic E-state index is 6.20. The first-order chi connectivity index (χ1) is 16.1. The molecule has 0 radical (unpaired) electrons. The molecule has 1 aromatic carbocycles. The van der Waals surface area contributed by atoms with E-state index < -0.39 is 0 Å². The molecule has 0 amide bonds. The van der Waals surface area contributed by atoms with E-state index in [4.69, 9.17) is 37.4 Å². The summed E-state index contributed by atoms with van der Waals surface area (Å²) in [5.74, 6) is 1.31. The van der Waals surface area contributed by atoms with E-state index in [0.717, 1.165) is 48.2 Å². The lowest BCUT2D eigenvalue weighted by Gasteiger charge is -2.52. The zero-order chi connectivity index (χ0) is 22.4. The average molecular weight is 483 g/mol. The van der Waals surface area contributed by atoms with Gasteiger partial charge in [0.1, 0.15) is 24.2 Å². The predicted molar refractivity (Wildman–Crippen MR) is 125 cm³/mol. The topological polar surface area (TPSA) is 82.2 Å². The van der Waals surface area contributed by atoms with Crippen LogP contribution in [0, 0.1) is 5.41 Å². The highest BCUT2D eigenvalue weighted by Crippen LogP contribution is 2.48. The Morgan fingerprint density at radius 2 is 1.88 bits per heavy atom. The van der Waals surface area contributed by atoms with Crippen LogP contribution in [0.1, 0.15) is 18.4 Å². The molecule has 9 heteroatoms. The minimum absolute atomic E-state index is 0.223. The fourth-order valence-electron chi connectivity index (χ4n) is 4.41. The molecule has 1 saturated carbocycles. The number of hydrogen-bond acceptors (Lipinski definition) is 6. The van der Waals surface area contributed by atoms with Crippen LogP contribution in [0.5, 0.6) is 11.6 Å². The van der Waals surface area contributed by atoms with Crippen LogP contribution in [0.25, 0.3) is 22.2 Å². The lowest BCUT2D eigenvalue weighted by molar-refractivity contribution is -0.191. The van der Waals surface area contributed by atoms with Gasteiger partial charge in [-0.05, 0) is 37.1 Å². The Bertz CT molecular complexity index is 1290. The van der Waals surface area contributed by atoms with E-state index in [1.807, 2.05) is 30.3 Å². The summed E-state index contributed by atoms with van der Waals surface area (Å²) in [4.78, 5) is 8.47. The monoisotopic (exact) mass is 482 g/mol. The Morgan fingerprint density at radius 3 is 2.58 bits per heavy atom. The SMILES string of the molecule is Clc1cncc(Cl)c1COc1ccc2[nH]nc(-c3ccc(OC4CC5(COC5)C4)nc3)c2c1. The Kier molecular flexibility index (Phi) is 5.13. The van der Waals surface area contributed by atoms with Gasteiger partial charge in [-0.2, -0.15) is 5.10 Å². The van der Waals surface area contributed by atoms with Crippen molar-refractivity contribution >= 4 is 34.1 Å². The summed E-state index contributed by atoms with van der Waals surface area (Å²) in [6, 6.07) is 9.62. The number of pyridine rings is 2. The van der Waals surface area contributed by atoms with Crippen LogP contribution in [0.3, 0.4) is 0 Å². The van der Waals surface area contributed by atoms with Crippen molar-refractivity contribution in [2.45, 2.75) is 25.6 Å². The van der Waals surface area contributed by atoms with Crippen LogP contribution in [0.2, 0.25) is 10.0 Å². The van der Waals surface area contributed by atoms with Gasteiger partial charge in [0, 0.05) is 46.6 Å². The molecular weight excluding hydrogens is 463 g/mol. The fraction of sp³-hybridized carbons (Fsp3) is 0.292. The highest BCUT2D eigenvalue weighted by molar-refractivity contribution is 6.35. The predicted octanol–water partition coefficient (Wildman–Crippen LogP) is 5.46. The molecule has 7 nitrogen and oxygen atoms in total. The Balaban J connectivity index is 1.18. The van der Waals surface area contributed by atoms with Crippen LogP contribution in [-0.2, 0) is 11.3 Å². The molecule has 0 bridgehead atoms. The zero-order valence-electron chi connectivity index (χ0n) is 17.6. The molecule has 2 fully saturated rings. The number of hydrogen-bond donors (Lipinski definition) is 1. The molecule has 2 aliphatic rings. The summed E-state index contributed by atoms with van der Waals surface area (Å²) in [6.45, 7) is 1.96. The van der Waals surface area contributed by atoms with Gasteiger partial charge in [-0.1, -0.05) is 23.2 Å². The molecule has 1 aliphatic carbocycles. The molecule has 1 aliphatic heterocycles. The quantitative estimate of drug-likeness (QED) is 0.392. The maximum Gasteiger partial charge on any atom is 0.213 e. The van der Waals surface area contributed by atoms with E-state index in [9.17, 15) is 0 Å². The van der Waals surface area contributed by atoms with E-state index in [1.165, 1.54) is 0 Å². The van der Waals surface area contributed by atoms with E-state index in [-0.39, 0.29) is 12.7 Å². The van der Waals surface area contributed by atoms with Gasteiger partial charge in [-0.25, -0.2) is 4.98 Å². The summed E-state index contributed by atoms with van der Waals surface area (Å²) < 4.78 is 17.3. The van der Waals surface area contributed by atoms with Gasteiger partial charge in [0.2, 0.25) is 5.88 Å². The van der Waals surface area contributed by atoms with Gasteiger partial charge in [-0.15, -0.1) is 0 Å². The van der Waals surface area contributed by atoms with Gasteiger partial charge < -0.3 is 14.2 Å². The van der Waals surface area contributed by atoms with Crippen molar-refractivity contribution in [2.75, 3.05) is 13.2 Å². The Hall–Kier alpha value is -2.87. The molecular formula is C24H20Cl2N4O3. The smallest absolute Gasteiger partial charge is 0.213 e. The fourth-order valence-corrected chi connectivity index (χ4v) is 4.88. The minimum atomic E-state index is 0.223. The lowest BCUT2D eigenvalue weighted by atomic mass is 9.65. The van der Waals surface area contributed by atoms with Gasteiger partial charge in [0.25, 0.3) is 0 Å². The van der Waals surface area contributed by atoms with E-state index in [2.05, 4.69) is 20.2 Å². The number of rotatable bonds is 6. The summed E-state index contributed by atoms with van der Waals surface area (Å²) in [5, 5.41) is 9.42. The number of ether oxygens (including phenoxy) is 3. The molecule has 1 N–H and O–H groups in total. The van der Waals surface area contributed by atoms with Crippen LogP contribution >= 0.6 is 23.2 Å². The highest BCUT2D eigenvalue weighted by atomic mass is 35.5. The van der Waals surface area contributed by atoms with E-state index >= 15 is 0 Å². The molecule has 3 aromatic heterocycles. The summed E-state index contributed by atoms with van der Waals surface area (Å²) in [6.07, 6.45) is 7.19. The van der Waals surface area contributed by atoms with Gasteiger partial charge in [0.05, 0.1) is 28.8 Å². The van der Waals surface area contributed by atoms with Crippen molar-refractivity contribution in [2.24, 2.45) is 5.41 Å². The third-order valence-electron chi connectivity index (χ3n) is 6.30. The second-order valence-electron chi connectivity index (χ2n) is 8.68. The van der Waals surface area contributed by atoms with Crippen molar-refractivity contribution < 1.29 is 14.2 Å². The number of aromatic amines is 1. The van der Waals surface area contributed by atoms with Crippen molar-refractivity contribution in [1.82, 2.24) is 20.2 Å². The Labute approximate surface area is 200 Å². The molecule has 33 heavy (non-hydrogen) atoms. The number of fused-ring (bicyclic) bond motifs is 1. The number of nitrogens with zero attached hydrogens (tertiary/aromatic N) is 3. The molecule has 1 saturated heterocycles. The molecule has 4 aromatic rings. The van der Waals surface area contributed by atoms with Crippen LogP contribution in [0.15, 0.2) is 48.9 Å². The molecule has 1 spiro atoms. The first-order valence-corrected chi connectivity index (χ1v) is 11.4. The highest BCUT2D eigenvalue weighted by Gasteiger charge is 2.51. The van der Waals surface area contributed by atoms with Crippen molar-refractivity contribution in [1.29, 1.82) is 0 Å². The normalized spacial score (nSPS) is 17.0. The molecule has 0 atom stereocenters. The number of H-pyrrole nitrogens is 1. The second-order valence-corrected chi connectivity index (χ2v) is 9.49. The van der Waals surface area contributed by atoms with Crippen LogP contribution in [0.4, 0.5) is 0 Å². The number of aromatic nitrogens is 4. The molecule has 4 heterocycles. The van der Waals surface area contributed by atoms with Crippen molar-refractivity contribution in [3.63, 3.8) is 0 Å². The first-order valence-electron chi connectivity index (χ1n) is 10.7. The number of benzene rings is 1. The average Bonchev–Trinajstić information content (AvgIpc) is 3.18. The molecule has 168 valence electrons. The van der Waals surface area contributed by atoms with Crippen molar-refractivity contribution in [3.05, 3.63) is 64.5 Å². The van der Waals surface area contributed by atoms with Gasteiger partial charge >= 0.3 is 0 Å². The Morgan fingerprint density at radius 1 is 1.06 bits per heavy atom. The summed E-state index contributed by atoms with van der Waals surface area (Å²) in [7, 11) is 0. The van der Waals surface area contributed by atoms with Gasteiger partial charge in [0.15, 0.2) is 0 Å². The van der Waals surface area contributed by atoms with E-state index in [1.54, 1.807) is 18.6 Å². The lowest BCUT2D eigenvalue weighted by Crippen LogP contribution is -2.56. The standard InChI is InChI=1S/C24H20Cl2N4O3/c25-19-9-27-10-20(26)18(19)11-32-15-2-3-21-17(5-15)23(30-29-21)14-1-4-22(28-8-14)33-16-6-24(7-16)12-31-13-24/h1-5,8-10,16H,6-7,11-13H2,(H,29,30). The third kappa shape index (κ3) is 3.90. The second kappa shape index (κ2) is 8.17. The van der Waals surface area contributed by atoms with E-state index in [0.29, 0.717) is 32.7 Å². The number of halogens is 2. The maximum absolute atomic E-state index is 6.20. The largest absolute Gasteiger partial charge is 0.489 e. The van der Waals surface area contributed by atoms with Crippen LogP contribution < -0.4 is 9.47 Å². The van der Waals surface area contributed by atoms with Gasteiger partial charge in [-0.3, -0.25) is 10.1 Å². The first kappa shape index (κ1) is 20.7. The van der Waals surface area contributed by atoms with Crippen LogP contribution in [-0.4, -0.2) is 39.5 Å². The van der Waals surface area contributed by atoms with Crippen molar-refractivity contribution in [3.8, 4) is 22.9 Å².